The quantitative estimate of drug-likeness (QED) is 0.846. The fraction of sp³-hybridized carbons (Fsp3) is 0.462. The molecule has 0 radical (unpaired) electrons. The van der Waals surface area contributed by atoms with Crippen LogP contribution >= 0.6 is 0 Å². The second-order valence-electron chi connectivity index (χ2n) is 4.15. The van der Waals surface area contributed by atoms with Crippen LogP contribution in [-0.4, -0.2) is 24.3 Å². The minimum atomic E-state index is -0.738. The first-order valence-corrected chi connectivity index (χ1v) is 5.64. The van der Waals surface area contributed by atoms with Gasteiger partial charge in [-0.15, -0.1) is 0 Å². The molecule has 1 aromatic rings. The van der Waals surface area contributed by atoms with Crippen LogP contribution in [0.5, 0.6) is 0 Å². The topological polar surface area (TPSA) is 46.5 Å². The van der Waals surface area contributed by atoms with Gasteiger partial charge in [0.2, 0.25) is 0 Å². The highest BCUT2D eigenvalue weighted by atomic mass is 16.5. The van der Waals surface area contributed by atoms with Gasteiger partial charge in [-0.3, -0.25) is 4.79 Å². The van der Waals surface area contributed by atoms with Crippen molar-refractivity contribution < 1.29 is 14.6 Å². The van der Waals surface area contributed by atoms with Crippen molar-refractivity contribution in [1.82, 2.24) is 0 Å². The van der Waals surface area contributed by atoms with E-state index in [-0.39, 0.29) is 6.42 Å². The molecule has 1 atom stereocenters. The van der Waals surface area contributed by atoms with Crippen LogP contribution < -0.4 is 0 Å². The van der Waals surface area contributed by atoms with Crippen LogP contribution in [0.3, 0.4) is 0 Å². The summed E-state index contributed by atoms with van der Waals surface area (Å²) in [6, 6.07) is 8.10. The summed E-state index contributed by atoms with van der Waals surface area (Å²) in [5.74, 6) is -0.289. The van der Waals surface area contributed by atoms with Crippen LogP contribution in [0.25, 0.3) is 0 Å². The Kier molecular flexibility index (Phi) is 3.57. The van der Waals surface area contributed by atoms with E-state index < -0.39 is 5.97 Å². The van der Waals surface area contributed by atoms with Crippen LogP contribution in [0, 0.1) is 0 Å². The molecular weight excluding hydrogens is 204 g/mol. The van der Waals surface area contributed by atoms with Crippen molar-refractivity contribution in [2.24, 2.45) is 0 Å². The van der Waals surface area contributed by atoms with Gasteiger partial charge >= 0.3 is 5.97 Å². The highest BCUT2D eigenvalue weighted by molar-refractivity contribution is 5.67. The van der Waals surface area contributed by atoms with Gasteiger partial charge in [0.1, 0.15) is 0 Å². The zero-order valence-electron chi connectivity index (χ0n) is 9.19. The van der Waals surface area contributed by atoms with Crippen LogP contribution in [0.1, 0.15) is 29.9 Å². The molecule has 1 aromatic carbocycles. The van der Waals surface area contributed by atoms with Gasteiger partial charge in [-0.25, -0.2) is 0 Å². The number of carboxylic acid groups (broad SMARTS) is 1. The van der Waals surface area contributed by atoms with E-state index in [9.17, 15) is 4.79 Å². The molecule has 0 bridgehead atoms. The van der Waals surface area contributed by atoms with E-state index in [1.807, 2.05) is 18.2 Å². The van der Waals surface area contributed by atoms with E-state index in [4.69, 9.17) is 9.84 Å². The second kappa shape index (κ2) is 5.12. The molecule has 3 heteroatoms. The Balaban J connectivity index is 2.13. The predicted molar refractivity (Wildman–Crippen MR) is 60.6 cm³/mol. The smallest absolute Gasteiger partial charge is 0.303 e. The molecule has 0 saturated carbocycles. The lowest BCUT2D eigenvalue weighted by molar-refractivity contribution is -0.136. The van der Waals surface area contributed by atoms with Crippen LogP contribution in [0.4, 0.5) is 0 Å². The van der Waals surface area contributed by atoms with Crippen LogP contribution in [-0.2, 0) is 16.0 Å². The maximum absolute atomic E-state index is 10.6. The molecule has 0 amide bonds. The summed E-state index contributed by atoms with van der Waals surface area (Å²) in [4.78, 5) is 10.6. The average Bonchev–Trinajstić information content (AvgIpc) is 2.80. The monoisotopic (exact) mass is 220 g/mol. The van der Waals surface area contributed by atoms with Gasteiger partial charge in [0.15, 0.2) is 0 Å². The summed E-state index contributed by atoms with van der Waals surface area (Å²) < 4.78 is 5.38. The molecule has 0 spiro atoms. The minimum Gasteiger partial charge on any atom is -0.481 e. The Morgan fingerprint density at radius 1 is 1.44 bits per heavy atom. The van der Waals surface area contributed by atoms with Crippen molar-refractivity contribution in [3.8, 4) is 0 Å². The minimum absolute atomic E-state index is 0.199. The Morgan fingerprint density at radius 2 is 2.25 bits per heavy atom. The first kappa shape index (κ1) is 11.1. The van der Waals surface area contributed by atoms with Gasteiger partial charge in [-0.05, 0) is 24.0 Å². The number of ether oxygens (including phenoxy) is 1. The van der Waals surface area contributed by atoms with Crippen molar-refractivity contribution in [3.63, 3.8) is 0 Å². The standard InChI is InChI=1S/C13H16O3/c14-13(15)6-5-10-3-1-2-4-12(10)11-7-8-16-9-11/h1-4,11H,5-9H2,(H,14,15). The molecule has 1 fully saturated rings. The molecule has 0 aliphatic carbocycles. The van der Waals surface area contributed by atoms with E-state index in [0.717, 1.165) is 25.2 Å². The van der Waals surface area contributed by atoms with Crippen molar-refractivity contribution in [2.75, 3.05) is 13.2 Å². The zero-order valence-corrected chi connectivity index (χ0v) is 9.19. The molecule has 1 saturated heterocycles. The van der Waals surface area contributed by atoms with E-state index in [2.05, 4.69) is 6.07 Å². The summed E-state index contributed by atoms with van der Waals surface area (Å²) in [5.41, 5.74) is 2.42. The first-order chi connectivity index (χ1) is 7.77. The molecule has 1 aliphatic heterocycles. The largest absolute Gasteiger partial charge is 0.481 e. The zero-order chi connectivity index (χ0) is 11.4. The Hall–Kier alpha value is -1.35. The third-order valence-corrected chi connectivity index (χ3v) is 3.03. The Labute approximate surface area is 95.0 Å². The lowest BCUT2D eigenvalue weighted by Gasteiger charge is -2.13. The summed E-state index contributed by atoms with van der Waals surface area (Å²) >= 11 is 0. The Bertz CT molecular complexity index is 367. The summed E-state index contributed by atoms with van der Waals surface area (Å²) in [6.45, 7) is 1.59. The maximum Gasteiger partial charge on any atom is 0.303 e. The van der Waals surface area contributed by atoms with Gasteiger partial charge in [-0.1, -0.05) is 24.3 Å². The number of hydrogen-bond acceptors (Lipinski definition) is 2. The SMILES string of the molecule is O=C(O)CCc1ccccc1C1CCOC1. The first-order valence-electron chi connectivity index (χ1n) is 5.64. The molecule has 86 valence electrons. The van der Waals surface area contributed by atoms with Gasteiger partial charge in [0, 0.05) is 18.9 Å². The second-order valence-corrected chi connectivity index (χ2v) is 4.15. The van der Waals surface area contributed by atoms with E-state index in [1.165, 1.54) is 5.56 Å². The molecular formula is C13H16O3. The number of carbonyl (C=O) groups is 1. The van der Waals surface area contributed by atoms with E-state index >= 15 is 0 Å². The number of hydrogen-bond donors (Lipinski definition) is 1. The van der Waals surface area contributed by atoms with Crippen LogP contribution in [0.2, 0.25) is 0 Å². The van der Waals surface area contributed by atoms with Gasteiger partial charge in [0.25, 0.3) is 0 Å². The summed E-state index contributed by atoms with van der Waals surface area (Å²) in [7, 11) is 0. The van der Waals surface area contributed by atoms with E-state index in [0.29, 0.717) is 12.3 Å². The number of aryl methyl sites for hydroxylation is 1. The van der Waals surface area contributed by atoms with Gasteiger partial charge in [0.05, 0.1) is 6.61 Å². The number of carboxylic acids is 1. The highest BCUT2D eigenvalue weighted by Gasteiger charge is 2.20. The summed E-state index contributed by atoms with van der Waals surface area (Å²) in [5, 5.41) is 8.71. The van der Waals surface area contributed by atoms with Gasteiger partial charge < -0.3 is 9.84 Å². The lowest BCUT2D eigenvalue weighted by Crippen LogP contribution is -2.05. The number of aliphatic carboxylic acids is 1. The van der Waals surface area contributed by atoms with Gasteiger partial charge in [-0.2, -0.15) is 0 Å². The van der Waals surface area contributed by atoms with Crippen molar-refractivity contribution >= 4 is 5.97 Å². The third-order valence-electron chi connectivity index (χ3n) is 3.03. The molecule has 1 aliphatic rings. The molecule has 0 aromatic heterocycles. The fourth-order valence-corrected chi connectivity index (χ4v) is 2.18. The number of rotatable bonds is 4. The maximum atomic E-state index is 10.6. The lowest BCUT2D eigenvalue weighted by atomic mass is 9.91. The molecule has 3 nitrogen and oxygen atoms in total. The number of benzene rings is 1. The Morgan fingerprint density at radius 3 is 2.94 bits per heavy atom. The molecule has 1 heterocycles. The molecule has 1 N–H and O–H groups in total. The van der Waals surface area contributed by atoms with Crippen molar-refractivity contribution in [2.45, 2.75) is 25.2 Å². The molecule has 1 unspecified atom stereocenters. The normalized spacial score (nSPS) is 19.9. The van der Waals surface area contributed by atoms with E-state index in [1.54, 1.807) is 0 Å². The molecule has 2 rings (SSSR count). The fourth-order valence-electron chi connectivity index (χ4n) is 2.18. The third kappa shape index (κ3) is 2.61. The molecule has 16 heavy (non-hydrogen) atoms. The average molecular weight is 220 g/mol. The van der Waals surface area contributed by atoms with Crippen molar-refractivity contribution in [1.29, 1.82) is 0 Å². The van der Waals surface area contributed by atoms with Crippen molar-refractivity contribution in [3.05, 3.63) is 35.4 Å². The predicted octanol–water partition coefficient (Wildman–Crippen LogP) is 2.21. The summed E-state index contributed by atoms with van der Waals surface area (Å²) in [6.07, 6.45) is 1.86. The van der Waals surface area contributed by atoms with Crippen LogP contribution in [0.15, 0.2) is 24.3 Å². The highest BCUT2D eigenvalue weighted by Crippen LogP contribution is 2.28.